The number of hydrogen-bond acceptors (Lipinski definition) is 3. The fraction of sp³-hybridized carbons (Fsp3) is 0.727. The number of aliphatic hydroxyl groups is 1. The molecule has 1 heterocycles. The molecular formula is C11H22N2O2Si. The summed E-state index contributed by atoms with van der Waals surface area (Å²) in [6.07, 6.45) is 1.76. The van der Waals surface area contributed by atoms with Crippen molar-refractivity contribution in [1.82, 2.24) is 9.78 Å². The Bertz CT molecular complexity index is 331. The highest BCUT2D eigenvalue weighted by molar-refractivity contribution is 6.76. The Hall–Kier alpha value is -0.653. The Kier molecular flexibility index (Phi) is 4.70. The summed E-state index contributed by atoms with van der Waals surface area (Å²) in [5.41, 5.74) is 1.85. The summed E-state index contributed by atoms with van der Waals surface area (Å²) in [7, 11) is -1.02. The summed E-state index contributed by atoms with van der Waals surface area (Å²) in [5.74, 6) is 0. The maximum absolute atomic E-state index is 9.16. The van der Waals surface area contributed by atoms with E-state index in [4.69, 9.17) is 9.84 Å². The van der Waals surface area contributed by atoms with Crippen LogP contribution in [0.15, 0.2) is 6.20 Å². The zero-order valence-corrected chi connectivity index (χ0v) is 11.7. The molecule has 16 heavy (non-hydrogen) atoms. The van der Waals surface area contributed by atoms with Gasteiger partial charge in [0.2, 0.25) is 0 Å². The Labute approximate surface area is 98.2 Å². The number of rotatable bonds is 6. The molecule has 0 spiro atoms. The highest BCUT2D eigenvalue weighted by Gasteiger charge is 2.12. The van der Waals surface area contributed by atoms with E-state index < -0.39 is 8.07 Å². The predicted molar refractivity (Wildman–Crippen MR) is 67.0 cm³/mol. The van der Waals surface area contributed by atoms with Gasteiger partial charge in [0.25, 0.3) is 0 Å². The van der Waals surface area contributed by atoms with Crippen molar-refractivity contribution in [3.05, 3.63) is 17.5 Å². The molecular weight excluding hydrogens is 220 g/mol. The third kappa shape index (κ3) is 4.07. The largest absolute Gasteiger partial charge is 0.390 e. The first-order valence-electron chi connectivity index (χ1n) is 5.64. The summed E-state index contributed by atoms with van der Waals surface area (Å²) >= 11 is 0. The first-order chi connectivity index (χ1) is 7.44. The van der Waals surface area contributed by atoms with Crippen molar-refractivity contribution in [3.63, 3.8) is 0 Å². The molecule has 0 aliphatic rings. The zero-order chi connectivity index (χ0) is 12.2. The third-order valence-corrected chi connectivity index (χ3v) is 4.22. The van der Waals surface area contributed by atoms with E-state index >= 15 is 0 Å². The molecule has 0 atom stereocenters. The minimum absolute atomic E-state index is 0.0171. The first kappa shape index (κ1) is 13.4. The molecule has 0 aliphatic carbocycles. The third-order valence-electron chi connectivity index (χ3n) is 2.52. The summed E-state index contributed by atoms with van der Waals surface area (Å²) in [6.45, 7) is 10.2. The molecule has 0 fully saturated rings. The molecule has 92 valence electrons. The minimum atomic E-state index is -1.02. The fourth-order valence-corrected chi connectivity index (χ4v) is 2.11. The van der Waals surface area contributed by atoms with Crippen LogP contribution in [0.3, 0.4) is 0 Å². The molecule has 0 saturated heterocycles. The molecule has 0 aliphatic heterocycles. The quantitative estimate of drug-likeness (QED) is 0.613. The number of ether oxygens (including phenoxy) is 1. The second kappa shape index (κ2) is 5.61. The van der Waals surface area contributed by atoms with Crippen LogP contribution in [0.4, 0.5) is 0 Å². The topological polar surface area (TPSA) is 47.3 Å². The predicted octanol–water partition coefficient (Wildman–Crippen LogP) is 2.00. The van der Waals surface area contributed by atoms with Crippen molar-refractivity contribution in [2.45, 2.75) is 45.9 Å². The molecule has 4 nitrogen and oxygen atoms in total. The van der Waals surface area contributed by atoms with Crippen LogP contribution in [-0.2, 0) is 18.1 Å². The van der Waals surface area contributed by atoms with Crippen LogP contribution < -0.4 is 0 Å². The number of aromatic nitrogens is 2. The molecule has 0 aromatic carbocycles. The van der Waals surface area contributed by atoms with Gasteiger partial charge in [0.1, 0.15) is 6.73 Å². The van der Waals surface area contributed by atoms with Crippen LogP contribution in [0.2, 0.25) is 25.7 Å². The Morgan fingerprint density at radius 1 is 1.44 bits per heavy atom. The van der Waals surface area contributed by atoms with Gasteiger partial charge in [-0.05, 0) is 18.5 Å². The van der Waals surface area contributed by atoms with Crippen LogP contribution in [-0.4, -0.2) is 29.6 Å². The van der Waals surface area contributed by atoms with E-state index in [9.17, 15) is 0 Å². The molecule has 1 aromatic heterocycles. The lowest BCUT2D eigenvalue weighted by Crippen LogP contribution is -2.22. The second-order valence-corrected chi connectivity index (χ2v) is 10.9. The van der Waals surface area contributed by atoms with Crippen molar-refractivity contribution in [2.24, 2.45) is 0 Å². The van der Waals surface area contributed by atoms with Crippen LogP contribution in [0.5, 0.6) is 0 Å². The second-order valence-electron chi connectivity index (χ2n) is 5.28. The molecule has 1 rings (SSSR count). The highest BCUT2D eigenvalue weighted by atomic mass is 28.3. The molecule has 1 N–H and O–H groups in total. The van der Waals surface area contributed by atoms with Gasteiger partial charge in [-0.25, -0.2) is 4.68 Å². The number of aliphatic hydroxyl groups excluding tert-OH is 1. The molecule has 0 unspecified atom stereocenters. The molecule has 5 heteroatoms. The fourth-order valence-electron chi connectivity index (χ4n) is 1.35. The van der Waals surface area contributed by atoms with E-state index in [0.29, 0.717) is 6.73 Å². The standard InChI is InChI=1S/C11H22N2O2Si/c1-10-7-12-13(11(10)8-14)9-15-5-6-16(2,3)4/h7,14H,5-6,8-9H2,1-4H3. The molecule has 0 bridgehead atoms. The van der Waals surface area contributed by atoms with E-state index in [1.807, 2.05) is 6.92 Å². The number of nitrogens with zero attached hydrogens (tertiary/aromatic N) is 2. The monoisotopic (exact) mass is 242 g/mol. The summed E-state index contributed by atoms with van der Waals surface area (Å²) < 4.78 is 7.30. The van der Waals surface area contributed by atoms with E-state index in [1.165, 1.54) is 0 Å². The minimum Gasteiger partial charge on any atom is -0.390 e. The summed E-state index contributed by atoms with van der Waals surface area (Å²) in [6, 6.07) is 1.15. The molecule has 0 amide bonds. The lowest BCUT2D eigenvalue weighted by atomic mass is 10.3. The van der Waals surface area contributed by atoms with E-state index in [-0.39, 0.29) is 6.61 Å². The SMILES string of the molecule is Cc1cnn(COCC[Si](C)(C)C)c1CO. The Morgan fingerprint density at radius 2 is 2.12 bits per heavy atom. The smallest absolute Gasteiger partial charge is 0.139 e. The average molecular weight is 242 g/mol. The van der Waals surface area contributed by atoms with Gasteiger partial charge < -0.3 is 9.84 Å². The molecule has 0 radical (unpaired) electrons. The van der Waals surface area contributed by atoms with Crippen LogP contribution >= 0.6 is 0 Å². The lowest BCUT2D eigenvalue weighted by Gasteiger charge is -2.15. The van der Waals surface area contributed by atoms with Gasteiger partial charge in [-0.15, -0.1) is 0 Å². The van der Waals surface area contributed by atoms with Crippen molar-refractivity contribution >= 4 is 8.07 Å². The highest BCUT2D eigenvalue weighted by Crippen LogP contribution is 2.09. The van der Waals surface area contributed by atoms with Crippen LogP contribution in [0, 0.1) is 6.92 Å². The molecule has 0 saturated carbocycles. The van der Waals surface area contributed by atoms with Crippen molar-refractivity contribution in [2.75, 3.05) is 6.61 Å². The van der Waals surface area contributed by atoms with E-state index in [1.54, 1.807) is 10.9 Å². The Balaban J connectivity index is 2.37. The number of aryl methyl sites for hydroxylation is 1. The van der Waals surface area contributed by atoms with Gasteiger partial charge in [-0.1, -0.05) is 19.6 Å². The number of hydrogen-bond donors (Lipinski definition) is 1. The summed E-state index contributed by atoms with van der Waals surface area (Å²) in [4.78, 5) is 0. The van der Waals surface area contributed by atoms with Gasteiger partial charge >= 0.3 is 0 Å². The molecule has 1 aromatic rings. The first-order valence-corrected chi connectivity index (χ1v) is 9.34. The Morgan fingerprint density at radius 3 is 2.69 bits per heavy atom. The van der Waals surface area contributed by atoms with Crippen molar-refractivity contribution in [1.29, 1.82) is 0 Å². The van der Waals surface area contributed by atoms with Gasteiger partial charge in [-0.2, -0.15) is 5.10 Å². The van der Waals surface area contributed by atoms with Crippen molar-refractivity contribution in [3.8, 4) is 0 Å². The lowest BCUT2D eigenvalue weighted by molar-refractivity contribution is 0.0731. The normalized spacial score (nSPS) is 12.1. The average Bonchev–Trinajstić information content (AvgIpc) is 2.52. The van der Waals surface area contributed by atoms with Gasteiger partial charge in [0, 0.05) is 14.7 Å². The summed E-state index contributed by atoms with van der Waals surface area (Å²) in [5, 5.41) is 13.3. The van der Waals surface area contributed by atoms with E-state index in [0.717, 1.165) is 23.9 Å². The van der Waals surface area contributed by atoms with Crippen LogP contribution in [0.1, 0.15) is 11.3 Å². The zero-order valence-electron chi connectivity index (χ0n) is 10.7. The van der Waals surface area contributed by atoms with Gasteiger partial charge in [0.05, 0.1) is 18.5 Å². The van der Waals surface area contributed by atoms with Gasteiger partial charge in [-0.3, -0.25) is 0 Å². The maximum atomic E-state index is 9.16. The van der Waals surface area contributed by atoms with Crippen LogP contribution in [0.25, 0.3) is 0 Å². The maximum Gasteiger partial charge on any atom is 0.139 e. The van der Waals surface area contributed by atoms with E-state index in [2.05, 4.69) is 24.7 Å². The van der Waals surface area contributed by atoms with Gasteiger partial charge in [0.15, 0.2) is 0 Å². The van der Waals surface area contributed by atoms with Crippen molar-refractivity contribution < 1.29 is 9.84 Å².